The van der Waals surface area contributed by atoms with Crippen LogP contribution in [0.25, 0.3) is 0 Å². The predicted molar refractivity (Wildman–Crippen MR) is 98.1 cm³/mol. The predicted octanol–water partition coefficient (Wildman–Crippen LogP) is 4.68. The van der Waals surface area contributed by atoms with E-state index < -0.39 is 0 Å². The van der Waals surface area contributed by atoms with E-state index in [-0.39, 0.29) is 12.5 Å². The Morgan fingerprint density at radius 2 is 2.00 bits per heavy atom. The van der Waals surface area contributed by atoms with Crippen LogP contribution in [-0.4, -0.2) is 19.1 Å². The third-order valence-corrected chi connectivity index (χ3v) is 3.68. The first-order valence-corrected chi connectivity index (χ1v) is 8.49. The Morgan fingerprint density at radius 3 is 2.78 bits per heavy atom. The molecule has 0 heterocycles. The molecular formula is C18H21BrN2O2. The Morgan fingerprint density at radius 1 is 1.17 bits per heavy atom. The maximum atomic E-state index is 12.0. The summed E-state index contributed by atoms with van der Waals surface area (Å²) >= 11 is 3.38. The van der Waals surface area contributed by atoms with Crippen molar-refractivity contribution in [2.24, 2.45) is 0 Å². The summed E-state index contributed by atoms with van der Waals surface area (Å²) in [5.41, 5.74) is 1.59. The number of para-hydroxylation sites is 2. The maximum absolute atomic E-state index is 12.0. The van der Waals surface area contributed by atoms with Crippen LogP contribution in [0.15, 0.2) is 53.0 Å². The third-order valence-electron chi connectivity index (χ3n) is 3.19. The Labute approximate surface area is 145 Å². The highest BCUT2D eigenvalue weighted by Gasteiger charge is 2.06. The number of carbonyl (C=O) groups is 1. The number of hydrogen-bond donors (Lipinski definition) is 2. The molecule has 0 aliphatic rings. The van der Waals surface area contributed by atoms with Gasteiger partial charge in [0.25, 0.3) is 0 Å². The summed E-state index contributed by atoms with van der Waals surface area (Å²) in [6.45, 7) is 2.99. The van der Waals surface area contributed by atoms with Crippen molar-refractivity contribution in [1.82, 2.24) is 0 Å². The molecule has 2 aromatic rings. The highest BCUT2D eigenvalue weighted by Crippen LogP contribution is 2.23. The Bertz CT molecular complexity index is 646. The van der Waals surface area contributed by atoms with Crippen LogP contribution in [-0.2, 0) is 4.79 Å². The van der Waals surface area contributed by atoms with Gasteiger partial charge in [-0.1, -0.05) is 47.5 Å². The molecule has 0 aliphatic heterocycles. The minimum Gasteiger partial charge on any atom is -0.491 e. The number of rotatable bonds is 8. The van der Waals surface area contributed by atoms with Gasteiger partial charge in [0.1, 0.15) is 5.75 Å². The van der Waals surface area contributed by atoms with Crippen molar-refractivity contribution in [2.75, 3.05) is 23.8 Å². The van der Waals surface area contributed by atoms with Gasteiger partial charge in [0.05, 0.1) is 18.8 Å². The number of nitrogens with one attached hydrogen (secondary N) is 2. The lowest BCUT2D eigenvalue weighted by Gasteiger charge is -2.13. The fourth-order valence-electron chi connectivity index (χ4n) is 2.01. The van der Waals surface area contributed by atoms with Gasteiger partial charge >= 0.3 is 0 Å². The summed E-state index contributed by atoms with van der Waals surface area (Å²) in [7, 11) is 0. The van der Waals surface area contributed by atoms with Gasteiger partial charge in [0.2, 0.25) is 5.91 Å². The Kier molecular flexibility index (Phi) is 6.94. The number of ether oxygens (including phenoxy) is 1. The molecule has 122 valence electrons. The van der Waals surface area contributed by atoms with Crippen molar-refractivity contribution in [1.29, 1.82) is 0 Å². The molecule has 2 rings (SSSR count). The lowest BCUT2D eigenvalue weighted by atomic mass is 10.3. The van der Waals surface area contributed by atoms with Gasteiger partial charge < -0.3 is 15.4 Å². The van der Waals surface area contributed by atoms with Crippen LogP contribution in [0.2, 0.25) is 0 Å². The van der Waals surface area contributed by atoms with E-state index in [1.165, 1.54) is 0 Å². The second-order valence-electron chi connectivity index (χ2n) is 5.11. The average molecular weight is 377 g/mol. The SMILES string of the molecule is CCCCOc1ccccc1NCC(=O)Nc1cccc(Br)c1. The molecule has 23 heavy (non-hydrogen) atoms. The second-order valence-corrected chi connectivity index (χ2v) is 6.03. The summed E-state index contributed by atoms with van der Waals surface area (Å²) in [4.78, 5) is 12.0. The summed E-state index contributed by atoms with van der Waals surface area (Å²) in [5, 5.41) is 5.98. The molecule has 0 fully saturated rings. The molecule has 0 aliphatic carbocycles. The first-order chi connectivity index (χ1) is 11.2. The highest BCUT2D eigenvalue weighted by molar-refractivity contribution is 9.10. The van der Waals surface area contributed by atoms with Crippen LogP contribution < -0.4 is 15.4 Å². The summed E-state index contributed by atoms with van der Waals surface area (Å²) in [6.07, 6.45) is 2.10. The van der Waals surface area contributed by atoms with Gasteiger partial charge in [0, 0.05) is 10.2 Å². The van der Waals surface area contributed by atoms with Gasteiger partial charge in [-0.15, -0.1) is 0 Å². The smallest absolute Gasteiger partial charge is 0.243 e. The summed E-state index contributed by atoms with van der Waals surface area (Å²) in [6, 6.07) is 15.2. The van der Waals surface area contributed by atoms with E-state index in [2.05, 4.69) is 33.5 Å². The quantitative estimate of drug-likeness (QED) is 0.657. The molecule has 0 bridgehead atoms. The van der Waals surface area contributed by atoms with Gasteiger partial charge in [-0.25, -0.2) is 0 Å². The van der Waals surface area contributed by atoms with Gasteiger partial charge in [-0.3, -0.25) is 4.79 Å². The number of hydrogen-bond acceptors (Lipinski definition) is 3. The number of benzene rings is 2. The Balaban J connectivity index is 1.88. The second kappa shape index (κ2) is 9.20. The van der Waals surface area contributed by atoms with E-state index in [1.54, 1.807) is 0 Å². The zero-order chi connectivity index (χ0) is 16.5. The molecular weight excluding hydrogens is 356 g/mol. The third kappa shape index (κ3) is 5.94. The molecule has 0 saturated heterocycles. The van der Waals surface area contributed by atoms with Crippen LogP contribution in [0.5, 0.6) is 5.75 Å². The maximum Gasteiger partial charge on any atom is 0.243 e. The molecule has 2 aromatic carbocycles. The number of amides is 1. The molecule has 0 spiro atoms. The molecule has 0 unspecified atom stereocenters. The highest BCUT2D eigenvalue weighted by atomic mass is 79.9. The fourth-order valence-corrected chi connectivity index (χ4v) is 2.41. The van der Waals surface area contributed by atoms with Crippen LogP contribution in [0.4, 0.5) is 11.4 Å². The standard InChI is InChI=1S/C18H21BrN2O2/c1-2-3-11-23-17-10-5-4-9-16(17)20-13-18(22)21-15-8-6-7-14(19)12-15/h4-10,12,20H,2-3,11,13H2,1H3,(H,21,22). The van der Waals surface area contributed by atoms with E-state index in [0.29, 0.717) is 6.61 Å². The first kappa shape index (κ1) is 17.3. The molecule has 4 nitrogen and oxygen atoms in total. The van der Waals surface area contributed by atoms with E-state index >= 15 is 0 Å². The van der Waals surface area contributed by atoms with E-state index in [0.717, 1.165) is 34.4 Å². The molecule has 2 N–H and O–H groups in total. The molecule has 1 amide bonds. The van der Waals surface area contributed by atoms with E-state index in [1.807, 2.05) is 48.5 Å². The summed E-state index contributed by atoms with van der Waals surface area (Å²) in [5.74, 6) is 0.669. The van der Waals surface area contributed by atoms with Crippen molar-refractivity contribution >= 4 is 33.2 Å². The molecule has 0 atom stereocenters. The lowest BCUT2D eigenvalue weighted by Crippen LogP contribution is -2.22. The van der Waals surface area contributed by atoms with Crippen LogP contribution >= 0.6 is 15.9 Å². The number of halogens is 1. The van der Waals surface area contributed by atoms with Crippen molar-refractivity contribution < 1.29 is 9.53 Å². The topological polar surface area (TPSA) is 50.4 Å². The van der Waals surface area contributed by atoms with Crippen LogP contribution in [0.3, 0.4) is 0 Å². The molecule has 0 saturated carbocycles. The zero-order valence-corrected chi connectivity index (χ0v) is 14.7. The number of unbranched alkanes of at least 4 members (excludes halogenated alkanes) is 1. The van der Waals surface area contributed by atoms with Crippen LogP contribution in [0.1, 0.15) is 19.8 Å². The average Bonchev–Trinajstić information content (AvgIpc) is 2.54. The van der Waals surface area contributed by atoms with Gasteiger partial charge in [0.15, 0.2) is 0 Å². The zero-order valence-electron chi connectivity index (χ0n) is 13.1. The largest absolute Gasteiger partial charge is 0.491 e. The van der Waals surface area contributed by atoms with Gasteiger partial charge in [-0.05, 0) is 36.8 Å². The lowest BCUT2D eigenvalue weighted by molar-refractivity contribution is -0.114. The Hall–Kier alpha value is -2.01. The number of anilines is 2. The fraction of sp³-hybridized carbons (Fsp3) is 0.278. The normalized spacial score (nSPS) is 10.2. The summed E-state index contributed by atoms with van der Waals surface area (Å²) < 4.78 is 6.67. The van der Waals surface area contributed by atoms with Crippen molar-refractivity contribution in [2.45, 2.75) is 19.8 Å². The molecule has 0 aromatic heterocycles. The minimum atomic E-state index is -0.105. The van der Waals surface area contributed by atoms with E-state index in [9.17, 15) is 4.79 Å². The van der Waals surface area contributed by atoms with Crippen LogP contribution in [0, 0.1) is 0 Å². The van der Waals surface area contributed by atoms with E-state index in [4.69, 9.17) is 4.74 Å². The van der Waals surface area contributed by atoms with Gasteiger partial charge in [-0.2, -0.15) is 0 Å². The minimum absolute atomic E-state index is 0.105. The molecule has 5 heteroatoms. The monoisotopic (exact) mass is 376 g/mol. The number of carbonyl (C=O) groups excluding carboxylic acids is 1. The van der Waals surface area contributed by atoms with Crippen molar-refractivity contribution in [3.8, 4) is 5.75 Å². The molecule has 0 radical (unpaired) electrons. The van der Waals surface area contributed by atoms with Crippen molar-refractivity contribution in [3.05, 3.63) is 53.0 Å². The van der Waals surface area contributed by atoms with Crippen molar-refractivity contribution in [3.63, 3.8) is 0 Å². The first-order valence-electron chi connectivity index (χ1n) is 7.70.